The van der Waals surface area contributed by atoms with Gasteiger partial charge < -0.3 is 10.2 Å². The second-order valence-corrected chi connectivity index (χ2v) is 10.7. The number of nitrogens with one attached hydrogen (secondary N) is 1. The topological polar surface area (TPSA) is 83.6 Å². The molecular formula is C21H24N2O4S2. The van der Waals surface area contributed by atoms with Crippen molar-refractivity contribution in [2.24, 2.45) is 5.92 Å². The van der Waals surface area contributed by atoms with Crippen LogP contribution in [0.4, 0.5) is 5.69 Å². The van der Waals surface area contributed by atoms with E-state index in [-0.39, 0.29) is 27.7 Å². The van der Waals surface area contributed by atoms with E-state index in [0.29, 0.717) is 12.2 Å². The quantitative estimate of drug-likeness (QED) is 0.758. The molecule has 154 valence electrons. The fourth-order valence-electron chi connectivity index (χ4n) is 3.19. The van der Waals surface area contributed by atoms with E-state index in [9.17, 15) is 18.0 Å². The van der Waals surface area contributed by atoms with Crippen LogP contribution >= 0.6 is 11.8 Å². The summed E-state index contributed by atoms with van der Waals surface area (Å²) < 4.78 is 25.7. The van der Waals surface area contributed by atoms with Crippen LogP contribution in [0.3, 0.4) is 0 Å². The molecule has 0 saturated carbocycles. The Morgan fingerprint density at radius 3 is 2.59 bits per heavy atom. The lowest BCUT2D eigenvalue weighted by Crippen LogP contribution is -2.34. The number of amides is 2. The first-order valence-corrected chi connectivity index (χ1v) is 11.8. The van der Waals surface area contributed by atoms with Crippen molar-refractivity contribution in [2.45, 2.75) is 35.4 Å². The average Bonchev–Trinajstić information content (AvgIpc) is 2.68. The van der Waals surface area contributed by atoms with Gasteiger partial charge in [0.05, 0.1) is 21.6 Å². The van der Waals surface area contributed by atoms with E-state index in [0.717, 1.165) is 10.5 Å². The molecule has 0 aliphatic carbocycles. The molecule has 2 aromatic rings. The largest absolute Gasteiger partial charge is 0.341 e. The summed E-state index contributed by atoms with van der Waals surface area (Å²) in [6.45, 7) is 3.84. The Balaban J connectivity index is 1.71. The molecule has 0 spiro atoms. The van der Waals surface area contributed by atoms with Crippen molar-refractivity contribution in [1.29, 1.82) is 0 Å². The number of carbonyl (C=O) groups is 2. The number of hydrogen-bond donors (Lipinski definition) is 1. The maximum atomic E-state index is 12.9. The normalized spacial score (nSPS) is 17.2. The zero-order chi connectivity index (χ0) is 21.2. The van der Waals surface area contributed by atoms with E-state index in [1.807, 2.05) is 30.3 Å². The van der Waals surface area contributed by atoms with Gasteiger partial charge in [0.1, 0.15) is 0 Å². The molecule has 0 bridgehead atoms. The van der Waals surface area contributed by atoms with Crippen molar-refractivity contribution in [2.75, 3.05) is 18.1 Å². The van der Waals surface area contributed by atoms with Gasteiger partial charge in [-0.3, -0.25) is 9.59 Å². The molecule has 29 heavy (non-hydrogen) atoms. The van der Waals surface area contributed by atoms with Crippen LogP contribution in [0.1, 0.15) is 19.4 Å². The number of sulfone groups is 1. The van der Waals surface area contributed by atoms with E-state index >= 15 is 0 Å². The van der Waals surface area contributed by atoms with Gasteiger partial charge in [0.15, 0.2) is 9.84 Å². The summed E-state index contributed by atoms with van der Waals surface area (Å²) in [5.41, 5.74) is 1.48. The third-order valence-corrected chi connectivity index (χ3v) is 7.86. The van der Waals surface area contributed by atoms with Gasteiger partial charge in [-0.2, -0.15) is 0 Å². The van der Waals surface area contributed by atoms with Gasteiger partial charge in [-0.05, 0) is 30.7 Å². The summed E-state index contributed by atoms with van der Waals surface area (Å²) in [5.74, 6) is -1.36. The first kappa shape index (κ1) is 21.4. The smallest absolute Gasteiger partial charge is 0.237 e. The monoisotopic (exact) mass is 432 g/mol. The molecule has 1 aliphatic heterocycles. The minimum Gasteiger partial charge on any atom is -0.341 e. The molecule has 2 aromatic carbocycles. The zero-order valence-corrected chi connectivity index (χ0v) is 18.2. The molecule has 0 aromatic heterocycles. The number of carbonyl (C=O) groups excluding carboxylic acids is 2. The Morgan fingerprint density at radius 1 is 1.21 bits per heavy atom. The Bertz CT molecular complexity index is 1020. The molecule has 2 amide bonds. The molecule has 6 nitrogen and oxygen atoms in total. The number of fused-ring (bicyclic) bond motifs is 1. The number of anilines is 1. The maximum Gasteiger partial charge on any atom is 0.237 e. The molecule has 0 unspecified atom stereocenters. The standard InChI is InChI=1S/C21H24N2O4S2/c1-14(21(25)23(3)12-16-7-5-4-6-8-16)13-29(26,27)17-9-10-19-18(11-17)22-20(24)15(2)28-19/h4-11,14-15H,12-13H2,1-3H3,(H,22,24)/t14-,15-/m0/s1. The Labute approximate surface area is 175 Å². The van der Waals surface area contributed by atoms with Gasteiger partial charge >= 0.3 is 0 Å². The first-order chi connectivity index (χ1) is 13.7. The highest BCUT2D eigenvalue weighted by Crippen LogP contribution is 2.37. The minimum absolute atomic E-state index is 0.108. The number of benzene rings is 2. The van der Waals surface area contributed by atoms with Crippen LogP contribution in [0, 0.1) is 5.92 Å². The number of nitrogens with zero attached hydrogens (tertiary/aromatic N) is 1. The van der Waals surface area contributed by atoms with Crippen LogP contribution in [0.5, 0.6) is 0 Å². The van der Waals surface area contributed by atoms with E-state index in [2.05, 4.69) is 5.32 Å². The lowest BCUT2D eigenvalue weighted by atomic mass is 10.1. The Kier molecular flexibility index (Phi) is 6.33. The van der Waals surface area contributed by atoms with Crippen molar-refractivity contribution in [3.05, 3.63) is 54.1 Å². The summed E-state index contributed by atoms with van der Waals surface area (Å²) in [7, 11) is -2.01. The van der Waals surface area contributed by atoms with Gasteiger partial charge in [0.2, 0.25) is 11.8 Å². The van der Waals surface area contributed by atoms with Crippen molar-refractivity contribution in [3.8, 4) is 0 Å². The van der Waals surface area contributed by atoms with Crippen molar-refractivity contribution in [1.82, 2.24) is 4.90 Å². The highest BCUT2D eigenvalue weighted by molar-refractivity contribution is 8.01. The number of thioether (sulfide) groups is 1. The molecule has 3 rings (SSSR count). The van der Waals surface area contributed by atoms with Crippen LogP contribution in [0.15, 0.2) is 58.3 Å². The molecule has 1 aliphatic rings. The van der Waals surface area contributed by atoms with Crippen molar-refractivity contribution >= 4 is 39.1 Å². The summed E-state index contributed by atoms with van der Waals surface area (Å²) in [6, 6.07) is 14.3. The average molecular weight is 433 g/mol. The highest BCUT2D eigenvalue weighted by atomic mass is 32.2. The predicted octanol–water partition coefficient (Wildman–Crippen LogP) is 3.19. The third kappa shape index (κ3) is 5.00. The van der Waals surface area contributed by atoms with E-state index in [1.54, 1.807) is 31.9 Å². The minimum atomic E-state index is -3.68. The van der Waals surface area contributed by atoms with Gasteiger partial charge in [-0.1, -0.05) is 37.3 Å². The summed E-state index contributed by atoms with van der Waals surface area (Å²) in [6.07, 6.45) is 0. The van der Waals surface area contributed by atoms with Crippen molar-refractivity contribution < 1.29 is 18.0 Å². The zero-order valence-electron chi connectivity index (χ0n) is 16.6. The van der Waals surface area contributed by atoms with Crippen LogP contribution in [0.2, 0.25) is 0 Å². The summed E-state index contributed by atoms with van der Waals surface area (Å²) >= 11 is 1.40. The highest BCUT2D eigenvalue weighted by Gasteiger charge is 2.28. The lowest BCUT2D eigenvalue weighted by molar-refractivity contribution is -0.133. The van der Waals surface area contributed by atoms with Crippen LogP contribution < -0.4 is 5.32 Å². The Morgan fingerprint density at radius 2 is 1.90 bits per heavy atom. The maximum absolute atomic E-state index is 12.9. The second-order valence-electron chi connectivity index (χ2n) is 7.27. The molecule has 8 heteroatoms. The Hall–Kier alpha value is -2.32. The van der Waals surface area contributed by atoms with Gasteiger partial charge in [-0.25, -0.2) is 8.42 Å². The molecule has 1 heterocycles. The van der Waals surface area contributed by atoms with E-state index < -0.39 is 15.8 Å². The third-order valence-electron chi connectivity index (χ3n) is 4.77. The molecule has 2 atom stereocenters. The van der Waals surface area contributed by atoms with Crippen LogP contribution in [-0.2, 0) is 26.0 Å². The van der Waals surface area contributed by atoms with Gasteiger partial charge in [-0.15, -0.1) is 11.8 Å². The fourth-order valence-corrected chi connectivity index (χ4v) is 5.69. The second kappa shape index (κ2) is 8.59. The van der Waals surface area contributed by atoms with Gasteiger partial charge in [0.25, 0.3) is 0 Å². The van der Waals surface area contributed by atoms with E-state index in [4.69, 9.17) is 0 Å². The lowest BCUT2D eigenvalue weighted by Gasteiger charge is -2.23. The van der Waals surface area contributed by atoms with E-state index in [1.165, 1.54) is 23.9 Å². The molecule has 0 saturated heterocycles. The van der Waals surface area contributed by atoms with Crippen LogP contribution in [-0.4, -0.2) is 43.2 Å². The molecule has 0 radical (unpaired) electrons. The van der Waals surface area contributed by atoms with Gasteiger partial charge in [0, 0.05) is 24.4 Å². The SMILES string of the molecule is C[C@@H]1Sc2ccc(S(=O)(=O)C[C@H](C)C(=O)N(C)Cc3ccccc3)cc2NC1=O. The predicted molar refractivity (Wildman–Crippen MR) is 115 cm³/mol. The molecular weight excluding hydrogens is 408 g/mol. The number of rotatable bonds is 6. The molecule has 0 fully saturated rings. The van der Waals surface area contributed by atoms with Crippen molar-refractivity contribution in [3.63, 3.8) is 0 Å². The first-order valence-electron chi connectivity index (χ1n) is 9.30. The summed E-state index contributed by atoms with van der Waals surface area (Å²) in [5, 5.41) is 2.52. The van der Waals surface area contributed by atoms with Crippen LogP contribution in [0.25, 0.3) is 0 Å². The number of hydrogen-bond acceptors (Lipinski definition) is 5. The molecule has 1 N–H and O–H groups in total. The fraction of sp³-hybridized carbons (Fsp3) is 0.333. The summed E-state index contributed by atoms with van der Waals surface area (Å²) in [4.78, 5) is 27.0.